The molecule has 1 radical (unpaired) electrons. The van der Waals surface area contributed by atoms with Gasteiger partial charge in [-0.1, -0.05) is 30.0 Å². The Balaban J connectivity index is 2.47. The SMILES string of the molecule is CC(=O)NCC([C]=S)Sc1ccccn1. The summed E-state index contributed by atoms with van der Waals surface area (Å²) in [5, 5.41) is 6.23. The average Bonchev–Trinajstić information content (AvgIpc) is 2.25. The van der Waals surface area contributed by atoms with Crippen LogP contribution in [0.3, 0.4) is 0 Å². The second-order valence-corrected chi connectivity index (χ2v) is 4.29. The molecular weight excluding hydrogens is 228 g/mol. The van der Waals surface area contributed by atoms with E-state index in [2.05, 4.69) is 15.7 Å². The zero-order valence-corrected chi connectivity index (χ0v) is 9.90. The number of hydrogen-bond acceptors (Lipinski definition) is 4. The van der Waals surface area contributed by atoms with E-state index < -0.39 is 0 Å². The van der Waals surface area contributed by atoms with Gasteiger partial charge in [-0.15, -0.1) is 0 Å². The highest BCUT2D eigenvalue weighted by molar-refractivity contribution is 8.01. The minimum absolute atomic E-state index is 0.0428. The van der Waals surface area contributed by atoms with Crippen LogP contribution < -0.4 is 5.32 Å². The number of hydrogen-bond donors (Lipinski definition) is 1. The van der Waals surface area contributed by atoms with E-state index in [0.717, 1.165) is 5.03 Å². The Morgan fingerprint density at radius 3 is 3.07 bits per heavy atom. The van der Waals surface area contributed by atoms with Crippen molar-refractivity contribution in [1.29, 1.82) is 0 Å². The Hall–Kier alpha value is -0.940. The van der Waals surface area contributed by atoms with Gasteiger partial charge in [0, 0.05) is 25.0 Å². The molecule has 0 fully saturated rings. The highest BCUT2D eigenvalue weighted by atomic mass is 32.2. The average molecular weight is 239 g/mol. The van der Waals surface area contributed by atoms with Crippen molar-refractivity contribution in [1.82, 2.24) is 10.3 Å². The molecule has 0 saturated carbocycles. The predicted molar refractivity (Wildman–Crippen MR) is 65.2 cm³/mol. The van der Waals surface area contributed by atoms with Crippen LogP contribution in [-0.2, 0) is 4.79 Å². The molecule has 0 aromatic carbocycles. The van der Waals surface area contributed by atoms with Gasteiger partial charge in [-0.25, -0.2) is 4.98 Å². The fraction of sp³-hybridized carbons (Fsp3) is 0.300. The fourth-order valence-corrected chi connectivity index (χ4v) is 1.92. The maximum atomic E-state index is 10.7. The van der Waals surface area contributed by atoms with Gasteiger partial charge >= 0.3 is 0 Å². The molecule has 0 spiro atoms. The van der Waals surface area contributed by atoms with Crippen molar-refractivity contribution in [2.24, 2.45) is 0 Å². The van der Waals surface area contributed by atoms with Crippen LogP contribution in [0.1, 0.15) is 6.92 Å². The molecule has 1 amide bonds. The molecule has 1 N–H and O–H groups in total. The summed E-state index contributed by atoms with van der Waals surface area (Å²) >= 11 is 6.26. The summed E-state index contributed by atoms with van der Waals surface area (Å²) in [6.45, 7) is 1.96. The molecule has 0 saturated heterocycles. The predicted octanol–water partition coefficient (Wildman–Crippen LogP) is 1.56. The summed E-state index contributed by atoms with van der Waals surface area (Å²) in [5.74, 6) is -0.0631. The molecule has 1 heterocycles. The highest BCUT2D eigenvalue weighted by Crippen LogP contribution is 2.18. The standard InChI is InChI=1S/C10H11N2OS2/c1-8(13)12-6-9(7-14)15-10-4-2-3-5-11-10/h2-5,9H,6H2,1H3,(H,12,13). The second-order valence-electron chi connectivity index (χ2n) is 2.83. The van der Waals surface area contributed by atoms with E-state index >= 15 is 0 Å². The van der Waals surface area contributed by atoms with Crippen molar-refractivity contribution in [2.45, 2.75) is 17.2 Å². The minimum Gasteiger partial charge on any atom is -0.355 e. The van der Waals surface area contributed by atoms with Crippen LogP contribution in [0.25, 0.3) is 0 Å². The van der Waals surface area contributed by atoms with Crippen molar-refractivity contribution in [3.63, 3.8) is 0 Å². The molecule has 0 aliphatic carbocycles. The van der Waals surface area contributed by atoms with Crippen LogP contribution in [0.5, 0.6) is 0 Å². The fourth-order valence-electron chi connectivity index (χ4n) is 0.906. The number of carbonyl (C=O) groups is 1. The van der Waals surface area contributed by atoms with E-state index in [1.165, 1.54) is 18.7 Å². The van der Waals surface area contributed by atoms with Crippen LogP contribution in [0.4, 0.5) is 0 Å². The van der Waals surface area contributed by atoms with Gasteiger partial charge < -0.3 is 5.32 Å². The van der Waals surface area contributed by atoms with Gasteiger partial charge in [-0.3, -0.25) is 4.79 Å². The molecule has 15 heavy (non-hydrogen) atoms. The van der Waals surface area contributed by atoms with Gasteiger partial charge in [0.2, 0.25) is 5.91 Å². The normalized spacial score (nSPS) is 11.8. The summed E-state index contributed by atoms with van der Waals surface area (Å²) in [6.07, 6.45) is 1.72. The largest absolute Gasteiger partial charge is 0.355 e. The molecule has 1 rings (SSSR count). The summed E-state index contributed by atoms with van der Waals surface area (Å²) in [7, 11) is 0. The topological polar surface area (TPSA) is 42.0 Å². The summed E-state index contributed by atoms with van der Waals surface area (Å²) in [4.78, 5) is 14.9. The first kappa shape index (κ1) is 12.1. The van der Waals surface area contributed by atoms with E-state index in [1.807, 2.05) is 18.2 Å². The lowest BCUT2D eigenvalue weighted by molar-refractivity contribution is -0.118. The van der Waals surface area contributed by atoms with Gasteiger partial charge in [0.1, 0.15) is 0 Å². The van der Waals surface area contributed by atoms with Crippen LogP contribution in [0, 0.1) is 0 Å². The lowest BCUT2D eigenvalue weighted by Crippen LogP contribution is -2.29. The first-order valence-corrected chi connectivity index (χ1v) is 5.71. The Morgan fingerprint density at radius 1 is 1.73 bits per heavy atom. The maximum absolute atomic E-state index is 10.7. The molecule has 5 heteroatoms. The van der Waals surface area contributed by atoms with Gasteiger partial charge in [0.15, 0.2) is 0 Å². The van der Waals surface area contributed by atoms with Gasteiger partial charge in [-0.05, 0) is 12.1 Å². The van der Waals surface area contributed by atoms with Crippen molar-refractivity contribution >= 4 is 35.3 Å². The van der Waals surface area contributed by atoms with Crippen molar-refractivity contribution in [2.75, 3.05) is 6.54 Å². The number of thioether (sulfide) groups is 1. The Labute approximate surface area is 98.7 Å². The van der Waals surface area contributed by atoms with Crippen molar-refractivity contribution < 1.29 is 4.79 Å². The van der Waals surface area contributed by atoms with Gasteiger partial charge in [0.05, 0.1) is 10.3 Å². The Morgan fingerprint density at radius 2 is 2.53 bits per heavy atom. The monoisotopic (exact) mass is 239 g/mol. The first-order valence-electron chi connectivity index (χ1n) is 4.42. The number of rotatable bonds is 5. The number of thiocarbonyl (C=S) groups is 1. The number of pyridine rings is 1. The first-order chi connectivity index (χ1) is 7.22. The molecule has 3 nitrogen and oxygen atoms in total. The molecule has 0 aliphatic rings. The zero-order valence-electron chi connectivity index (χ0n) is 8.27. The summed E-state index contributed by atoms with van der Waals surface area (Å²) in [5.41, 5.74) is 0. The minimum atomic E-state index is -0.0631. The number of nitrogens with one attached hydrogen (secondary N) is 1. The maximum Gasteiger partial charge on any atom is 0.216 e. The van der Waals surface area contributed by atoms with Crippen LogP contribution >= 0.6 is 24.0 Å². The van der Waals surface area contributed by atoms with Crippen molar-refractivity contribution in [3.05, 3.63) is 24.4 Å². The lowest BCUT2D eigenvalue weighted by atomic mass is 10.4. The summed E-state index contributed by atoms with van der Waals surface area (Å²) in [6, 6.07) is 5.67. The number of carbonyl (C=O) groups excluding carboxylic acids is 1. The highest BCUT2D eigenvalue weighted by Gasteiger charge is 2.08. The van der Waals surface area contributed by atoms with Crippen molar-refractivity contribution in [3.8, 4) is 0 Å². The molecular formula is C10H11N2OS2. The molecule has 1 aromatic rings. The summed E-state index contributed by atoms with van der Waals surface area (Å²) < 4.78 is 0. The molecule has 1 unspecified atom stereocenters. The third kappa shape index (κ3) is 4.90. The Bertz CT molecular complexity index is 329. The Kier molecular flexibility index (Phi) is 5.28. The van der Waals surface area contributed by atoms with E-state index in [-0.39, 0.29) is 11.2 Å². The van der Waals surface area contributed by atoms with E-state index in [9.17, 15) is 4.79 Å². The van der Waals surface area contributed by atoms with E-state index in [0.29, 0.717) is 6.54 Å². The van der Waals surface area contributed by atoms with E-state index in [4.69, 9.17) is 12.2 Å². The van der Waals surface area contributed by atoms with Gasteiger partial charge in [-0.2, -0.15) is 0 Å². The third-order valence-electron chi connectivity index (χ3n) is 1.57. The van der Waals surface area contributed by atoms with E-state index in [1.54, 1.807) is 6.20 Å². The van der Waals surface area contributed by atoms with Gasteiger partial charge in [0.25, 0.3) is 0 Å². The van der Waals surface area contributed by atoms with Crippen LogP contribution in [0.15, 0.2) is 29.4 Å². The number of nitrogens with zero attached hydrogens (tertiary/aromatic N) is 1. The molecule has 1 aromatic heterocycles. The molecule has 0 aliphatic heterocycles. The van der Waals surface area contributed by atoms with Crippen LogP contribution in [0.2, 0.25) is 0 Å². The number of aromatic nitrogens is 1. The molecule has 79 valence electrons. The van der Waals surface area contributed by atoms with Crippen LogP contribution in [-0.4, -0.2) is 28.1 Å². The second kappa shape index (κ2) is 6.53. The molecule has 1 atom stereocenters. The third-order valence-corrected chi connectivity index (χ3v) is 3.05. The smallest absolute Gasteiger partial charge is 0.216 e. The molecule has 0 bridgehead atoms. The quantitative estimate of drug-likeness (QED) is 0.625. The lowest BCUT2D eigenvalue weighted by Gasteiger charge is -2.09. The zero-order chi connectivity index (χ0) is 11.1. The number of amides is 1.